The number of hydrogen-bond acceptors (Lipinski definition) is 4. The van der Waals surface area contributed by atoms with Crippen LogP contribution in [0, 0.1) is 19.8 Å². The summed E-state index contributed by atoms with van der Waals surface area (Å²) < 4.78 is 2.03. The summed E-state index contributed by atoms with van der Waals surface area (Å²) in [5.41, 5.74) is 3.83. The van der Waals surface area contributed by atoms with Gasteiger partial charge in [-0.25, -0.2) is 4.68 Å². The first-order chi connectivity index (χ1) is 18.4. The highest BCUT2D eigenvalue weighted by Crippen LogP contribution is 2.36. The van der Waals surface area contributed by atoms with Crippen LogP contribution >= 0.6 is 0 Å². The van der Waals surface area contributed by atoms with Crippen molar-refractivity contribution >= 4 is 11.8 Å². The number of aryl methyl sites for hydroxylation is 1. The van der Waals surface area contributed by atoms with Crippen molar-refractivity contribution in [2.45, 2.75) is 103 Å². The number of piperidine rings is 1. The van der Waals surface area contributed by atoms with Gasteiger partial charge in [0.1, 0.15) is 11.6 Å². The van der Waals surface area contributed by atoms with Crippen LogP contribution in [-0.4, -0.2) is 62.6 Å². The number of carbonyl (C=O) groups excluding carboxylic acids is 2. The molecule has 2 saturated heterocycles. The van der Waals surface area contributed by atoms with Crippen molar-refractivity contribution in [1.82, 2.24) is 24.9 Å². The quantitative estimate of drug-likeness (QED) is 0.537. The van der Waals surface area contributed by atoms with E-state index in [1.807, 2.05) is 27.8 Å². The van der Waals surface area contributed by atoms with E-state index in [0.29, 0.717) is 25.3 Å². The van der Waals surface area contributed by atoms with Crippen molar-refractivity contribution < 1.29 is 9.59 Å². The molecule has 0 radical (unpaired) electrons. The van der Waals surface area contributed by atoms with Gasteiger partial charge >= 0.3 is 0 Å². The lowest BCUT2D eigenvalue weighted by atomic mass is 9.79. The fourth-order valence-corrected chi connectivity index (χ4v) is 6.96. The second-order valence-corrected chi connectivity index (χ2v) is 11.8. The SMILES string of the molecule is CCCCN1C(=O)C(CC2CCCCC2)NC(=O)C12CCN(Cc1c(C)nn(-c3ccccc3)c1C)CC2. The number of hydrogen-bond donors (Lipinski definition) is 1. The fraction of sp³-hybridized carbons (Fsp3) is 0.645. The maximum absolute atomic E-state index is 13.8. The first-order valence-corrected chi connectivity index (χ1v) is 14.9. The Bertz CT molecular complexity index is 1110. The number of piperazine rings is 1. The summed E-state index contributed by atoms with van der Waals surface area (Å²) in [6.45, 7) is 9.47. The van der Waals surface area contributed by atoms with Crippen molar-refractivity contribution in [3.05, 3.63) is 47.3 Å². The van der Waals surface area contributed by atoms with Crippen LogP contribution in [0.4, 0.5) is 0 Å². The number of unbranched alkanes of at least 4 members (excludes halogenated alkanes) is 1. The van der Waals surface area contributed by atoms with Crippen molar-refractivity contribution in [1.29, 1.82) is 0 Å². The summed E-state index contributed by atoms with van der Waals surface area (Å²) in [6, 6.07) is 9.91. The van der Waals surface area contributed by atoms with Crippen LogP contribution in [0.3, 0.4) is 0 Å². The van der Waals surface area contributed by atoms with Gasteiger partial charge in [0, 0.05) is 37.4 Å². The lowest BCUT2D eigenvalue weighted by Crippen LogP contribution is -2.73. The van der Waals surface area contributed by atoms with E-state index < -0.39 is 5.54 Å². The number of nitrogens with zero attached hydrogens (tertiary/aromatic N) is 4. The molecular formula is C31H45N5O2. The van der Waals surface area contributed by atoms with Gasteiger partial charge in [-0.05, 0) is 57.6 Å². The Balaban J connectivity index is 1.28. The molecular weight excluding hydrogens is 474 g/mol. The highest BCUT2D eigenvalue weighted by molar-refractivity contribution is 6.00. The number of carbonyl (C=O) groups is 2. The molecule has 1 aromatic heterocycles. The summed E-state index contributed by atoms with van der Waals surface area (Å²) in [6.07, 6.45) is 10.3. The lowest BCUT2D eigenvalue weighted by Gasteiger charge is -2.52. The molecule has 2 aromatic rings. The van der Waals surface area contributed by atoms with Crippen molar-refractivity contribution in [2.24, 2.45) is 5.92 Å². The van der Waals surface area contributed by atoms with Crippen molar-refractivity contribution in [3.8, 4) is 5.69 Å². The molecule has 1 aliphatic carbocycles. The lowest BCUT2D eigenvalue weighted by molar-refractivity contribution is -0.162. The van der Waals surface area contributed by atoms with Crippen molar-refractivity contribution in [2.75, 3.05) is 19.6 Å². The molecule has 38 heavy (non-hydrogen) atoms. The molecule has 3 aliphatic rings. The Kier molecular flexibility index (Phi) is 8.22. The molecule has 2 aliphatic heterocycles. The minimum atomic E-state index is -0.704. The third-order valence-corrected chi connectivity index (χ3v) is 9.34. The predicted octanol–water partition coefficient (Wildman–Crippen LogP) is 4.92. The van der Waals surface area contributed by atoms with E-state index in [1.165, 1.54) is 37.7 Å². The van der Waals surface area contributed by atoms with Crippen LogP contribution in [0.1, 0.15) is 88.1 Å². The van der Waals surface area contributed by atoms with Gasteiger partial charge in [-0.1, -0.05) is 63.6 Å². The first kappa shape index (κ1) is 26.9. The van der Waals surface area contributed by atoms with E-state index >= 15 is 0 Å². The topological polar surface area (TPSA) is 70.5 Å². The zero-order valence-corrected chi connectivity index (χ0v) is 23.5. The third kappa shape index (κ3) is 5.27. The summed E-state index contributed by atoms with van der Waals surface area (Å²) in [5, 5.41) is 8.05. The molecule has 3 fully saturated rings. The zero-order chi connectivity index (χ0) is 26.7. The number of nitrogens with one attached hydrogen (secondary N) is 1. The van der Waals surface area contributed by atoms with E-state index in [1.54, 1.807) is 0 Å². The molecule has 1 aromatic carbocycles. The van der Waals surface area contributed by atoms with E-state index in [-0.39, 0.29) is 17.9 Å². The highest BCUT2D eigenvalue weighted by Gasteiger charge is 2.53. The second kappa shape index (κ2) is 11.6. The number of likely N-dealkylation sites (tertiary alicyclic amines) is 1. The van der Waals surface area contributed by atoms with Crippen LogP contribution in [0.15, 0.2) is 30.3 Å². The van der Waals surface area contributed by atoms with Gasteiger partial charge < -0.3 is 10.2 Å². The molecule has 1 spiro atoms. The Morgan fingerprint density at radius 1 is 1.03 bits per heavy atom. The highest BCUT2D eigenvalue weighted by atomic mass is 16.2. The van der Waals surface area contributed by atoms with Gasteiger partial charge in [-0.3, -0.25) is 14.5 Å². The molecule has 1 unspecified atom stereocenters. The van der Waals surface area contributed by atoms with Gasteiger partial charge in [-0.2, -0.15) is 5.10 Å². The van der Waals surface area contributed by atoms with Gasteiger partial charge in [0.05, 0.1) is 11.4 Å². The Hall–Kier alpha value is -2.67. The molecule has 1 N–H and O–H groups in total. The first-order valence-electron chi connectivity index (χ1n) is 14.9. The summed E-state index contributed by atoms with van der Waals surface area (Å²) in [7, 11) is 0. The zero-order valence-electron chi connectivity index (χ0n) is 23.5. The average molecular weight is 520 g/mol. The minimum absolute atomic E-state index is 0.0814. The molecule has 206 valence electrons. The normalized spacial score (nSPS) is 22.7. The minimum Gasteiger partial charge on any atom is -0.342 e. The number of amides is 2. The van der Waals surface area contributed by atoms with Crippen LogP contribution in [0.25, 0.3) is 5.69 Å². The standard InChI is InChI=1S/C31H45N5O2/c1-4-5-18-35-29(37)28(21-25-12-8-6-9-13-25)32-30(38)31(35)16-19-34(20-17-31)22-27-23(2)33-36(24(27)3)26-14-10-7-11-15-26/h7,10-11,14-15,25,28H,4-6,8-9,12-13,16-22H2,1-3H3,(H,32,38). The maximum Gasteiger partial charge on any atom is 0.246 e. The molecule has 0 bridgehead atoms. The molecule has 1 saturated carbocycles. The molecule has 3 heterocycles. The van der Waals surface area contributed by atoms with Crippen LogP contribution in [0.5, 0.6) is 0 Å². The monoisotopic (exact) mass is 519 g/mol. The smallest absolute Gasteiger partial charge is 0.246 e. The van der Waals surface area contributed by atoms with Gasteiger partial charge in [-0.15, -0.1) is 0 Å². The number of rotatable bonds is 8. The number of benzene rings is 1. The van der Waals surface area contributed by atoms with Crippen LogP contribution in [0.2, 0.25) is 0 Å². The van der Waals surface area contributed by atoms with Gasteiger partial charge in [0.25, 0.3) is 0 Å². The summed E-state index contributed by atoms with van der Waals surface area (Å²) >= 11 is 0. The number of aromatic nitrogens is 2. The van der Waals surface area contributed by atoms with E-state index in [2.05, 4.69) is 43.1 Å². The molecule has 7 heteroatoms. The third-order valence-electron chi connectivity index (χ3n) is 9.34. The molecule has 2 amide bonds. The largest absolute Gasteiger partial charge is 0.342 e. The maximum atomic E-state index is 13.8. The predicted molar refractivity (Wildman–Crippen MR) is 150 cm³/mol. The Labute approximate surface area is 227 Å². The Morgan fingerprint density at radius 3 is 2.42 bits per heavy atom. The molecule has 5 rings (SSSR count). The van der Waals surface area contributed by atoms with E-state index in [9.17, 15) is 9.59 Å². The molecule has 1 atom stereocenters. The fourth-order valence-electron chi connectivity index (χ4n) is 6.96. The Morgan fingerprint density at radius 2 is 1.74 bits per heavy atom. The average Bonchev–Trinajstić information content (AvgIpc) is 3.22. The second-order valence-electron chi connectivity index (χ2n) is 11.8. The summed E-state index contributed by atoms with van der Waals surface area (Å²) in [4.78, 5) is 32.0. The number of para-hydroxylation sites is 1. The van der Waals surface area contributed by atoms with Crippen LogP contribution < -0.4 is 5.32 Å². The van der Waals surface area contributed by atoms with Crippen LogP contribution in [-0.2, 0) is 16.1 Å². The van der Waals surface area contributed by atoms with Crippen molar-refractivity contribution in [3.63, 3.8) is 0 Å². The van der Waals surface area contributed by atoms with E-state index in [0.717, 1.165) is 56.0 Å². The summed E-state index contributed by atoms with van der Waals surface area (Å²) in [5.74, 6) is 0.802. The van der Waals surface area contributed by atoms with Gasteiger partial charge in [0.2, 0.25) is 11.8 Å². The molecule has 7 nitrogen and oxygen atoms in total. The van der Waals surface area contributed by atoms with Gasteiger partial charge in [0.15, 0.2) is 0 Å². The van der Waals surface area contributed by atoms with E-state index in [4.69, 9.17) is 5.10 Å².